The van der Waals surface area contributed by atoms with Gasteiger partial charge in [-0.3, -0.25) is 9.59 Å². The topological polar surface area (TPSA) is 65.2 Å². The van der Waals surface area contributed by atoms with Crippen molar-refractivity contribution in [3.63, 3.8) is 0 Å². The van der Waals surface area contributed by atoms with Gasteiger partial charge in [-0.05, 0) is 30.8 Å². The average Bonchev–Trinajstić information content (AvgIpc) is 2.53. The first kappa shape index (κ1) is 16.0. The maximum absolute atomic E-state index is 12.0. The molecule has 1 aromatic heterocycles. The second-order valence-electron chi connectivity index (χ2n) is 5.27. The molecule has 0 bridgehead atoms. The number of nitrogens with zero attached hydrogens (tertiary/aromatic N) is 1. The maximum Gasteiger partial charge on any atom is 0.253 e. The van der Waals surface area contributed by atoms with E-state index < -0.39 is 0 Å². The second-order valence-corrected chi connectivity index (χ2v) is 5.27. The van der Waals surface area contributed by atoms with Gasteiger partial charge in [-0.15, -0.1) is 0 Å². The van der Waals surface area contributed by atoms with Crippen LogP contribution in [0.15, 0.2) is 47.4 Å². The van der Waals surface area contributed by atoms with E-state index in [1.165, 1.54) is 23.9 Å². The van der Waals surface area contributed by atoms with E-state index in [2.05, 4.69) is 41.3 Å². The van der Waals surface area contributed by atoms with Crippen molar-refractivity contribution in [3.8, 4) is 0 Å². The molecule has 0 radical (unpaired) electrons. The number of aromatic amines is 1. The van der Waals surface area contributed by atoms with Crippen LogP contribution in [-0.2, 0) is 13.1 Å². The van der Waals surface area contributed by atoms with Gasteiger partial charge in [0.25, 0.3) is 5.91 Å². The van der Waals surface area contributed by atoms with Crippen LogP contribution in [0.2, 0.25) is 0 Å². The summed E-state index contributed by atoms with van der Waals surface area (Å²) in [4.78, 5) is 27.7. The lowest BCUT2D eigenvalue weighted by Crippen LogP contribution is -2.24. The zero-order valence-electron chi connectivity index (χ0n) is 12.9. The van der Waals surface area contributed by atoms with E-state index in [1.54, 1.807) is 0 Å². The summed E-state index contributed by atoms with van der Waals surface area (Å²) >= 11 is 0. The normalized spacial score (nSPS) is 10.7. The van der Waals surface area contributed by atoms with Crippen molar-refractivity contribution in [2.75, 3.05) is 13.6 Å². The molecule has 0 spiro atoms. The molecule has 5 nitrogen and oxygen atoms in total. The number of carbonyl (C=O) groups excluding carboxylic acids is 1. The number of H-pyrrole nitrogens is 1. The number of benzene rings is 1. The summed E-state index contributed by atoms with van der Waals surface area (Å²) in [5.74, 6) is -0.202. The number of carbonyl (C=O) groups is 1. The van der Waals surface area contributed by atoms with Crippen LogP contribution in [0.4, 0.5) is 0 Å². The second kappa shape index (κ2) is 7.56. The Morgan fingerprint density at radius 3 is 2.68 bits per heavy atom. The van der Waals surface area contributed by atoms with Gasteiger partial charge in [-0.25, -0.2) is 0 Å². The molecule has 0 saturated heterocycles. The monoisotopic (exact) mass is 299 g/mol. The predicted molar refractivity (Wildman–Crippen MR) is 86.7 cm³/mol. The van der Waals surface area contributed by atoms with E-state index in [0.29, 0.717) is 12.1 Å². The molecule has 116 valence electrons. The van der Waals surface area contributed by atoms with Crippen LogP contribution < -0.4 is 10.9 Å². The highest BCUT2D eigenvalue weighted by Gasteiger charge is 2.05. The van der Waals surface area contributed by atoms with E-state index in [9.17, 15) is 9.59 Å². The third kappa shape index (κ3) is 4.56. The summed E-state index contributed by atoms with van der Waals surface area (Å²) in [6.07, 6.45) is 1.42. The summed E-state index contributed by atoms with van der Waals surface area (Å²) in [5.41, 5.74) is 2.51. The van der Waals surface area contributed by atoms with Gasteiger partial charge in [-0.1, -0.05) is 31.2 Å². The number of pyridine rings is 1. The molecule has 2 N–H and O–H groups in total. The summed E-state index contributed by atoms with van der Waals surface area (Å²) in [6, 6.07) is 11.0. The third-order valence-corrected chi connectivity index (χ3v) is 3.48. The lowest BCUT2D eigenvalue weighted by atomic mass is 10.1. The average molecular weight is 299 g/mol. The van der Waals surface area contributed by atoms with Crippen LogP contribution in [0.3, 0.4) is 0 Å². The van der Waals surface area contributed by atoms with Crippen LogP contribution in [-0.4, -0.2) is 29.4 Å². The minimum absolute atomic E-state index is 0.202. The van der Waals surface area contributed by atoms with Gasteiger partial charge in [0.15, 0.2) is 0 Å². The minimum Gasteiger partial charge on any atom is -0.348 e. The maximum atomic E-state index is 12.0. The zero-order chi connectivity index (χ0) is 15.9. The molecule has 2 aromatic rings. The van der Waals surface area contributed by atoms with Crippen LogP contribution in [0.1, 0.15) is 28.4 Å². The van der Waals surface area contributed by atoms with Gasteiger partial charge >= 0.3 is 0 Å². The SMILES string of the molecule is CCN(C)Cc1cccc(CNC(=O)c2ccc(=O)[nH]c2)c1. The van der Waals surface area contributed by atoms with Crippen molar-refractivity contribution in [3.05, 3.63) is 69.6 Å². The van der Waals surface area contributed by atoms with Gasteiger partial charge in [0, 0.05) is 25.4 Å². The lowest BCUT2D eigenvalue weighted by molar-refractivity contribution is 0.0950. The molecule has 1 amide bonds. The minimum atomic E-state index is -0.218. The molecule has 1 aromatic carbocycles. The molecule has 2 rings (SSSR count). The predicted octanol–water partition coefficient (Wildman–Crippen LogP) is 1.76. The Hall–Kier alpha value is -2.40. The highest BCUT2D eigenvalue weighted by atomic mass is 16.1. The Balaban J connectivity index is 1.96. The number of nitrogens with one attached hydrogen (secondary N) is 2. The van der Waals surface area contributed by atoms with E-state index in [-0.39, 0.29) is 11.5 Å². The Kier molecular flexibility index (Phi) is 5.49. The fourth-order valence-electron chi connectivity index (χ4n) is 2.10. The van der Waals surface area contributed by atoms with E-state index in [1.807, 2.05) is 12.1 Å². The highest BCUT2D eigenvalue weighted by Crippen LogP contribution is 2.08. The summed E-state index contributed by atoms with van der Waals surface area (Å²) < 4.78 is 0. The van der Waals surface area contributed by atoms with Crippen molar-refractivity contribution < 1.29 is 4.79 Å². The first-order valence-electron chi connectivity index (χ1n) is 7.32. The highest BCUT2D eigenvalue weighted by molar-refractivity contribution is 5.93. The number of hydrogen-bond donors (Lipinski definition) is 2. The van der Waals surface area contributed by atoms with Crippen LogP contribution in [0.25, 0.3) is 0 Å². The number of aromatic nitrogens is 1. The molecule has 0 aliphatic carbocycles. The standard InChI is InChI=1S/C17H21N3O2/c1-3-20(2)12-14-6-4-5-13(9-14)10-19-17(22)15-7-8-16(21)18-11-15/h4-9,11H,3,10,12H2,1-2H3,(H,18,21)(H,19,22). The Labute approximate surface area is 130 Å². The molecule has 1 heterocycles. The van der Waals surface area contributed by atoms with Crippen LogP contribution in [0, 0.1) is 0 Å². The summed E-state index contributed by atoms with van der Waals surface area (Å²) in [5, 5.41) is 2.85. The zero-order valence-corrected chi connectivity index (χ0v) is 12.9. The van der Waals surface area contributed by atoms with Gasteiger partial charge in [0.1, 0.15) is 0 Å². The van der Waals surface area contributed by atoms with E-state index >= 15 is 0 Å². The number of rotatable bonds is 6. The molecule has 0 unspecified atom stereocenters. The fourth-order valence-corrected chi connectivity index (χ4v) is 2.10. The van der Waals surface area contributed by atoms with E-state index in [0.717, 1.165) is 18.7 Å². The lowest BCUT2D eigenvalue weighted by Gasteiger charge is -2.14. The van der Waals surface area contributed by atoms with E-state index in [4.69, 9.17) is 0 Å². The molecular formula is C17H21N3O2. The van der Waals surface area contributed by atoms with Gasteiger partial charge in [0.2, 0.25) is 5.56 Å². The number of hydrogen-bond acceptors (Lipinski definition) is 3. The smallest absolute Gasteiger partial charge is 0.253 e. The first-order valence-corrected chi connectivity index (χ1v) is 7.32. The van der Waals surface area contributed by atoms with Gasteiger partial charge in [-0.2, -0.15) is 0 Å². The Morgan fingerprint density at radius 1 is 1.23 bits per heavy atom. The molecule has 0 aliphatic heterocycles. The molecule has 5 heteroatoms. The van der Waals surface area contributed by atoms with Crippen LogP contribution >= 0.6 is 0 Å². The molecule has 0 fully saturated rings. The number of amides is 1. The molecule has 22 heavy (non-hydrogen) atoms. The van der Waals surface area contributed by atoms with Crippen molar-refractivity contribution >= 4 is 5.91 Å². The van der Waals surface area contributed by atoms with Crippen molar-refractivity contribution in [1.82, 2.24) is 15.2 Å². The fraction of sp³-hybridized carbons (Fsp3) is 0.294. The summed E-state index contributed by atoms with van der Waals surface area (Å²) in [7, 11) is 2.07. The van der Waals surface area contributed by atoms with Crippen LogP contribution in [0.5, 0.6) is 0 Å². The Bertz CT molecular complexity index is 674. The molecular weight excluding hydrogens is 278 g/mol. The van der Waals surface area contributed by atoms with Crippen molar-refractivity contribution in [2.24, 2.45) is 0 Å². The Morgan fingerprint density at radius 2 is 2.00 bits per heavy atom. The molecule has 0 atom stereocenters. The first-order chi connectivity index (χ1) is 10.6. The molecule has 0 aliphatic rings. The quantitative estimate of drug-likeness (QED) is 0.854. The molecule has 0 saturated carbocycles. The summed E-state index contributed by atoms with van der Waals surface area (Å²) in [6.45, 7) is 4.46. The van der Waals surface area contributed by atoms with Crippen molar-refractivity contribution in [2.45, 2.75) is 20.0 Å². The van der Waals surface area contributed by atoms with Gasteiger partial charge in [0.05, 0.1) is 5.56 Å². The van der Waals surface area contributed by atoms with Crippen molar-refractivity contribution in [1.29, 1.82) is 0 Å². The van der Waals surface area contributed by atoms with Gasteiger partial charge < -0.3 is 15.2 Å². The third-order valence-electron chi connectivity index (χ3n) is 3.48. The largest absolute Gasteiger partial charge is 0.348 e.